The van der Waals surface area contributed by atoms with Gasteiger partial charge in [0, 0.05) is 22.3 Å². The topological polar surface area (TPSA) is 265 Å². The Morgan fingerprint density at radius 2 is 1.05 bits per heavy atom. The zero-order valence-electron chi connectivity index (χ0n) is 19.7. The van der Waals surface area contributed by atoms with E-state index < -0.39 is 29.4 Å². The van der Waals surface area contributed by atoms with Gasteiger partial charge >= 0.3 is 0 Å². The number of nitrogens with zero attached hydrogens (tertiary/aromatic N) is 6. The van der Waals surface area contributed by atoms with Crippen molar-refractivity contribution < 1.29 is 24.6 Å². The summed E-state index contributed by atoms with van der Waals surface area (Å²) in [7, 11) is 0. The molecule has 0 fully saturated rings. The van der Waals surface area contributed by atoms with E-state index in [1.807, 2.05) is 6.07 Å². The molecule has 1 heterocycles. The number of fused-ring (bicyclic) bond motifs is 4. The molecule has 0 spiro atoms. The molecule has 39 heavy (non-hydrogen) atoms. The Hall–Kier alpha value is -5.67. The molecule has 190 valence electrons. The molecule has 0 aliphatic heterocycles. The second kappa shape index (κ2) is 11.2. The fourth-order valence-corrected chi connectivity index (χ4v) is 3.47. The van der Waals surface area contributed by atoms with Gasteiger partial charge in [-0.1, -0.05) is 48.5 Å². The Labute approximate surface area is 220 Å². The molecule has 13 nitrogen and oxygen atoms in total. The average molecular weight is 520 g/mol. The molecule has 0 amide bonds. The summed E-state index contributed by atoms with van der Waals surface area (Å²) in [6, 6.07) is 18.0. The molecule has 3 aromatic rings. The molecule has 0 saturated carbocycles. The van der Waals surface area contributed by atoms with Crippen LogP contribution in [0.3, 0.4) is 0 Å². The van der Waals surface area contributed by atoms with Gasteiger partial charge in [0.05, 0.1) is 12.1 Å². The second-order valence-corrected chi connectivity index (χ2v) is 7.90. The molecule has 2 aliphatic carbocycles. The highest BCUT2D eigenvalue weighted by atomic mass is 16.5. The molecule has 0 radical (unpaired) electrons. The van der Waals surface area contributed by atoms with Crippen molar-refractivity contribution in [3.05, 3.63) is 82.3 Å². The number of hydrogen-bond acceptors (Lipinski definition) is 13. The molecule has 0 saturated heterocycles. The van der Waals surface area contributed by atoms with Gasteiger partial charge in [0.15, 0.2) is 11.4 Å². The van der Waals surface area contributed by atoms with Gasteiger partial charge in [-0.3, -0.25) is 14.4 Å². The summed E-state index contributed by atoms with van der Waals surface area (Å²) in [6.07, 6.45) is 0. The van der Waals surface area contributed by atoms with E-state index >= 15 is 0 Å². The lowest BCUT2D eigenvalue weighted by Crippen LogP contribution is -2.40. The quantitative estimate of drug-likeness (QED) is 0.188. The lowest BCUT2D eigenvalue weighted by molar-refractivity contribution is -0.0857. The van der Waals surface area contributed by atoms with E-state index in [0.717, 1.165) is 0 Å². The van der Waals surface area contributed by atoms with Crippen LogP contribution in [0.2, 0.25) is 0 Å². The third-order valence-electron chi connectivity index (χ3n) is 5.48. The first-order chi connectivity index (χ1) is 18.5. The van der Waals surface area contributed by atoms with Crippen LogP contribution < -0.4 is 11.5 Å². The van der Waals surface area contributed by atoms with Crippen LogP contribution in [0.1, 0.15) is 48.2 Å². The van der Waals surface area contributed by atoms with Crippen LogP contribution in [-0.2, 0) is 0 Å². The fraction of sp³-hybridized carbons (Fsp3) is 0.115. The monoisotopic (exact) mass is 520 g/mol. The van der Waals surface area contributed by atoms with E-state index in [-0.39, 0.29) is 34.0 Å². The van der Waals surface area contributed by atoms with Gasteiger partial charge in [-0.05, 0) is 0 Å². The van der Waals surface area contributed by atoms with Crippen LogP contribution in [0, 0.1) is 45.3 Å². The number of nitriles is 4. The van der Waals surface area contributed by atoms with E-state index in [4.69, 9.17) is 42.7 Å². The number of aliphatic hydroxyl groups is 2. The van der Waals surface area contributed by atoms with Crippen LogP contribution >= 0.6 is 0 Å². The van der Waals surface area contributed by atoms with E-state index in [1.165, 1.54) is 12.1 Å². The molecule has 0 bridgehead atoms. The Morgan fingerprint density at radius 1 is 0.667 bits per heavy atom. The van der Waals surface area contributed by atoms with Gasteiger partial charge in [-0.2, -0.15) is 21.0 Å². The third kappa shape index (κ3) is 5.10. The first-order valence-corrected chi connectivity index (χ1v) is 10.8. The fourth-order valence-electron chi connectivity index (χ4n) is 3.47. The van der Waals surface area contributed by atoms with Crippen LogP contribution in [0.4, 0.5) is 0 Å². The summed E-state index contributed by atoms with van der Waals surface area (Å²) in [5.41, 5.74) is 11.7. The number of nitrogens with two attached hydrogens (primary N) is 2. The maximum Gasteiger partial charge on any atom is 0.295 e. The SMILES string of the molecule is N#CC(N)C(N)C#N.N#Cc1nc2c(nc1C#N)-c1ccccc1C2=O.O=C1c2ccccc2C(=O)C1(O)O. The Bertz CT molecular complexity index is 1630. The molecular formula is C26H16N8O5. The van der Waals surface area contributed by atoms with Gasteiger partial charge in [0.25, 0.3) is 5.79 Å². The summed E-state index contributed by atoms with van der Waals surface area (Å²) >= 11 is 0. The Kier molecular flexibility index (Phi) is 7.99. The van der Waals surface area contributed by atoms with Crippen LogP contribution in [0.15, 0.2) is 48.5 Å². The lowest BCUT2D eigenvalue weighted by atomic mass is 10.1. The standard InChI is InChI=1S/C13H4N4O.C9H6O4.C4H6N4/c14-5-9-10(6-15)17-12-11(16-9)7-3-1-2-4-8(7)13(12)18;10-7-5-3-1-2-4-6(5)8(11)9(7,12)13;5-1-3(7)4(8)2-6/h1-4H;1-4,12-13H;3-4H,7-8H2. The molecule has 6 N–H and O–H groups in total. The van der Waals surface area contributed by atoms with E-state index in [2.05, 4.69) is 9.97 Å². The lowest BCUT2D eigenvalue weighted by Gasteiger charge is -2.08. The number of hydrogen-bond donors (Lipinski definition) is 4. The maximum absolute atomic E-state index is 12.1. The van der Waals surface area contributed by atoms with Crippen LogP contribution in [0.5, 0.6) is 0 Å². The van der Waals surface area contributed by atoms with Crippen molar-refractivity contribution >= 4 is 17.3 Å². The maximum atomic E-state index is 12.1. The Balaban J connectivity index is 0.000000176. The number of rotatable bonds is 1. The van der Waals surface area contributed by atoms with Crippen molar-refractivity contribution in [1.29, 1.82) is 21.0 Å². The summed E-state index contributed by atoms with van der Waals surface area (Å²) in [5, 5.41) is 52.1. The minimum absolute atomic E-state index is 0.0549. The van der Waals surface area contributed by atoms with Gasteiger partial charge < -0.3 is 21.7 Å². The molecule has 2 atom stereocenters. The number of carbonyl (C=O) groups is 3. The summed E-state index contributed by atoms with van der Waals surface area (Å²) in [4.78, 5) is 42.5. The average Bonchev–Trinajstić information content (AvgIpc) is 3.34. The Morgan fingerprint density at radius 3 is 1.46 bits per heavy atom. The van der Waals surface area contributed by atoms with E-state index in [0.29, 0.717) is 16.8 Å². The number of Topliss-reactive ketones (excluding diaryl/α,β-unsaturated/α-hetero) is 2. The van der Waals surface area contributed by atoms with Crippen molar-refractivity contribution in [2.45, 2.75) is 17.9 Å². The number of benzene rings is 2. The third-order valence-corrected chi connectivity index (χ3v) is 5.48. The van der Waals surface area contributed by atoms with E-state index in [1.54, 1.807) is 54.6 Å². The van der Waals surface area contributed by atoms with Crippen LogP contribution in [-0.4, -0.2) is 55.4 Å². The minimum atomic E-state index is -2.86. The smallest absolute Gasteiger partial charge is 0.295 e. The highest BCUT2D eigenvalue weighted by molar-refractivity contribution is 6.30. The molecular weight excluding hydrogens is 504 g/mol. The summed E-state index contributed by atoms with van der Waals surface area (Å²) < 4.78 is 0. The number of aromatic nitrogens is 2. The largest absolute Gasteiger partial charge is 0.353 e. The van der Waals surface area contributed by atoms with Crippen molar-refractivity contribution in [2.24, 2.45) is 11.5 Å². The van der Waals surface area contributed by atoms with Gasteiger partial charge in [-0.25, -0.2) is 9.97 Å². The first kappa shape index (κ1) is 27.9. The molecule has 1 aromatic heterocycles. The van der Waals surface area contributed by atoms with Crippen LogP contribution in [0.25, 0.3) is 11.3 Å². The molecule has 2 unspecified atom stereocenters. The van der Waals surface area contributed by atoms with Gasteiger partial charge in [0.2, 0.25) is 17.3 Å². The normalized spacial score (nSPS) is 14.7. The highest BCUT2D eigenvalue weighted by Gasteiger charge is 2.50. The van der Waals surface area contributed by atoms with Crippen molar-refractivity contribution in [2.75, 3.05) is 0 Å². The molecule has 2 aliphatic rings. The number of ketones is 3. The predicted octanol–water partition coefficient (Wildman–Crippen LogP) is -0.134. The van der Waals surface area contributed by atoms with Crippen molar-refractivity contribution in [1.82, 2.24) is 9.97 Å². The van der Waals surface area contributed by atoms with Crippen molar-refractivity contribution in [3.8, 4) is 35.5 Å². The predicted molar refractivity (Wildman–Crippen MR) is 130 cm³/mol. The summed E-state index contributed by atoms with van der Waals surface area (Å²) in [5.74, 6) is -5.01. The molecule has 13 heteroatoms. The van der Waals surface area contributed by atoms with Gasteiger partial charge in [-0.15, -0.1) is 0 Å². The van der Waals surface area contributed by atoms with Crippen molar-refractivity contribution in [3.63, 3.8) is 0 Å². The zero-order chi connectivity index (χ0) is 28.9. The second-order valence-electron chi connectivity index (χ2n) is 7.90. The molecule has 5 rings (SSSR count). The number of carbonyl (C=O) groups excluding carboxylic acids is 3. The minimum Gasteiger partial charge on any atom is -0.353 e. The highest BCUT2D eigenvalue weighted by Crippen LogP contribution is 2.34. The zero-order valence-corrected chi connectivity index (χ0v) is 19.7. The molecule has 2 aromatic carbocycles. The van der Waals surface area contributed by atoms with E-state index in [9.17, 15) is 14.4 Å². The first-order valence-electron chi connectivity index (χ1n) is 10.8. The van der Waals surface area contributed by atoms with Gasteiger partial charge in [0.1, 0.15) is 35.6 Å². The summed E-state index contributed by atoms with van der Waals surface area (Å²) in [6.45, 7) is 0.